The van der Waals surface area contributed by atoms with E-state index >= 15 is 0 Å². The molecule has 6 nitrogen and oxygen atoms in total. The molecule has 0 unspecified atom stereocenters. The van der Waals surface area contributed by atoms with E-state index < -0.39 is 10.0 Å². The van der Waals surface area contributed by atoms with E-state index in [1.807, 2.05) is 0 Å². The van der Waals surface area contributed by atoms with E-state index in [9.17, 15) is 13.2 Å². The molecular weight excluding hydrogens is 352 g/mol. The quantitative estimate of drug-likeness (QED) is 0.744. The fourth-order valence-corrected chi connectivity index (χ4v) is 3.78. The Bertz CT molecular complexity index is 857. The number of aryl methyl sites for hydroxylation is 1. The van der Waals surface area contributed by atoms with Crippen LogP contribution < -0.4 is 14.8 Å². The third-order valence-corrected chi connectivity index (χ3v) is 5.68. The highest BCUT2D eigenvalue weighted by Crippen LogP contribution is 2.22. The Morgan fingerprint density at radius 2 is 1.73 bits per heavy atom. The largest absolute Gasteiger partial charge is 0.497 e. The van der Waals surface area contributed by atoms with Crippen molar-refractivity contribution in [2.24, 2.45) is 0 Å². The molecular formula is C19H22N2O4S. The summed E-state index contributed by atoms with van der Waals surface area (Å²) in [5.41, 5.74) is 1.63. The van der Waals surface area contributed by atoms with Crippen molar-refractivity contribution >= 4 is 21.6 Å². The van der Waals surface area contributed by atoms with Crippen LogP contribution in [0.25, 0.3) is 0 Å². The average molecular weight is 374 g/mol. The maximum absolute atomic E-state index is 12.1. The summed E-state index contributed by atoms with van der Waals surface area (Å²) in [7, 11) is -1.84. The molecule has 2 N–H and O–H groups in total. The van der Waals surface area contributed by atoms with Crippen LogP contribution in [-0.2, 0) is 21.2 Å². The number of benzene rings is 2. The highest BCUT2D eigenvalue weighted by molar-refractivity contribution is 7.89. The molecule has 7 heteroatoms. The lowest BCUT2D eigenvalue weighted by Crippen LogP contribution is -2.25. The number of amides is 1. The van der Waals surface area contributed by atoms with Crippen LogP contribution in [0.15, 0.2) is 53.4 Å². The molecule has 26 heavy (non-hydrogen) atoms. The topological polar surface area (TPSA) is 84.5 Å². The molecule has 1 fully saturated rings. The standard InChI is InChI=1S/C19H22N2O4S/c1-25-17-9-7-15(8-10-17)20-19(22)13-4-14-2-11-18(12-3-14)26(23,24)21-16-5-6-16/h2-3,7-12,16,21H,4-6,13H2,1H3,(H,20,22). The molecule has 138 valence electrons. The first-order valence-corrected chi connectivity index (χ1v) is 10.00. The molecule has 2 aromatic rings. The van der Waals surface area contributed by atoms with Gasteiger partial charge < -0.3 is 10.1 Å². The van der Waals surface area contributed by atoms with Crippen LogP contribution in [0.4, 0.5) is 5.69 Å². The van der Waals surface area contributed by atoms with Gasteiger partial charge in [0, 0.05) is 18.2 Å². The molecule has 0 heterocycles. The Labute approximate surface area is 153 Å². The van der Waals surface area contributed by atoms with E-state index in [0.29, 0.717) is 18.5 Å². The summed E-state index contributed by atoms with van der Waals surface area (Å²) in [6, 6.07) is 13.9. The zero-order valence-electron chi connectivity index (χ0n) is 14.6. The lowest BCUT2D eigenvalue weighted by molar-refractivity contribution is -0.116. The van der Waals surface area contributed by atoms with Gasteiger partial charge in [-0.1, -0.05) is 12.1 Å². The molecule has 0 radical (unpaired) electrons. The fourth-order valence-electron chi connectivity index (χ4n) is 2.48. The normalized spacial score (nSPS) is 14.0. The second-order valence-electron chi connectivity index (χ2n) is 6.32. The van der Waals surface area contributed by atoms with E-state index in [-0.39, 0.29) is 16.8 Å². The van der Waals surface area contributed by atoms with Crippen molar-refractivity contribution in [3.8, 4) is 5.75 Å². The molecule has 1 aliphatic carbocycles. The van der Waals surface area contributed by atoms with Crippen molar-refractivity contribution in [2.45, 2.75) is 36.6 Å². The minimum absolute atomic E-state index is 0.0846. The van der Waals surface area contributed by atoms with Gasteiger partial charge in [-0.2, -0.15) is 0 Å². The summed E-state index contributed by atoms with van der Waals surface area (Å²) in [4.78, 5) is 12.3. The van der Waals surface area contributed by atoms with Crippen LogP contribution in [0.2, 0.25) is 0 Å². The van der Waals surface area contributed by atoms with Crippen LogP contribution in [0.3, 0.4) is 0 Å². The maximum atomic E-state index is 12.1. The van der Waals surface area contributed by atoms with Crippen molar-refractivity contribution in [1.82, 2.24) is 4.72 Å². The van der Waals surface area contributed by atoms with Crippen molar-refractivity contribution in [2.75, 3.05) is 12.4 Å². The fraction of sp³-hybridized carbons (Fsp3) is 0.316. The number of methoxy groups -OCH3 is 1. The molecule has 0 aromatic heterocycles. The second kappa shape index (κ2) is 7.88. The molecule has 0 atom stereocenters. The molecule has 1 saturated carbocycles. The van der Waals surface area contributed by atoms with Gasteiger partial charge in [0.1, 0.15) is 5.75 Å². The molecule has 0 bridgehead atoms. The number of sulfonamides is 1. The van der Waals surface area contributed by atoms with Crippen molar-refractivity contribution in [3.05, 3.63) is 54.1 Å². The van der Waals surface area contributed by atoms with Crippen LogP contribution in [0.5, 0.6) is 5.75 Å². The SMILES string of the molecule is COc1ccc(NC(=O)CCc2ccc(S(=O)(=O)NC3CC3)cc2)cc1. The van der Waals surface area contributed by atoms with Gasteiger partial charge in [0.05, 0.1) is 12.0 Å². The first-order chi connectivity index (χ1) is 12.5. The summed E-state index contributed by atoms with van der Waals surface area (Å²) >= 11 is 0. The van der Waals surface area contributed by atoms with E-state index in [4.69, 9.17) is 4.74 Å². The third kappa shape index (κ3) is 5.06. The molecule has 0 spiro atoms. The first-order valence-electron chi connectivity index (χ1n) is 8.51. The van der Waals surface area contributed by atoms with Crippen LogP contribution in [0.1, 0.15) is 24.8 Å². The average Bonchev–Trinajstić information content (AvgIpc) is 3.44. The zero-order valence-corrected chi connectivity index (χ0v) is 15.4. The van der Waals surface area contributed by atoms with Gasteiger partial charge in [0.2, 0.25) is 15.9 Å². The number of nitrogens with one attached hydrogen (secondary N) is 2. The molecule has 0 saturated heterocycles. The number of anilines is 1. The highest BCUT2D eigenvalue weighted by Gasteiger charge is 2.27. The zero-order chi connectivity index (χ0) is 18.6. The minimum atomic E-state index is -3.43. The van der Waals surface area contributed by atoms with Gasteiger partial charge in [-0.15, -0.1) is 0 Å². The Morgan fingerprint density at radius 1 is 1.08 bits per heavy atom. The maximum Gasteiger partial charge on any atom is 0.240 e. The summed E-state index contributed by atoms with van der Waals surface area (Å²) in [6.07, 6.45) is 2.66. The Balaban J connectivity index is 1.51. The number of ether oxygens (including phenoxy) is 1. The Morgan fingerprint density at radius 3 is 2.31 bits per heavy atom. The lowest BCUT2D eigenvalue weighted by atomic mass is 10.1. The molecule has 3 rings (SSSR count). The predicted molar refractivity (Wildman–Crippen MR) is 99.7 cm³/mol. The predicted octanol–water partition coefficient (Wildman–Crippen LogP) is 2.71. The Hall–Kier alpha value is -2.38. The van der Waals surface area contributed by atoms with E-state index in [1.165, 1.54) is 0 Å². The molecule has 2 aromatic carbocycles. The summed E-state index contributed by atoms with van der Waals surface area (Å²) in [6.45, 7) is 0. The minimum Gasteiger partial charge on any atom is -0.497 e. The molecule has 0 aliphatic heterocycles. The Kier molecular flexibility index (Phi) is 5.58. The van der Waals surface area contributed by atoms with Gasteiger partial charge in [-0.25, -0.2) is 13.1 Å². The van der Waals surface area contributed by atoms with E-state index in [2.05, 4.69) is 10.0 Å². The number of hydrogen-bond donors (Lipinski definition) is 2. The number of carbonyl (C=O) groups is 1. The monoisotopic (exact) mass is 374 g/mol. The van der Waals surface area contributed by atoms with E-state index in [1.54, 1.807) is 55.6 Å². The summed E-state index contributed by atoms with van der Waals surface area (Å²) in [5, 5.41) is 2.83. The number of carbonyl (C=O) groups excluding carboxylic acids is 1. The molecule has 1 amide bonds. The third-order valence-electron chi connectivity index (χ3n) is 4.15. The van der Waals surface area contributed by atoms with Crippen LogP contribution in [0, 0.1) is 0 Å². The van der Waals surface area contributed by atoms with Gasteiger partial charge in [-0.3, -0.25) is 4.79 Å². The van der Waals surface area contributed by atoms with Crippen LogP contribution >= 0.6 is 0 Å². The summed E-state index contributed by atoms with van der Waals surface area (Å²) < 4.78 is 32.0. The molecule has 1 aliphatic rings. The number of hydrogen-bond acceptors (Lipinski definition) is 4. The smallest absolute Gasteiger partial charge is 0.240 e. The van der Waals surface area contributed by atoms with Crippen molar-refractivity contribution < 1.29 is 17.9 Å². The van der Waals surface area contributed by atoms with Gasteiger partial charge in [0.25, 0.3) is 0 Å². The van der Waals surface area contributed by atoms with Crippen LogP contribution in [-0.4, -0.2) is 27.5 Å². The lowest BCUT2D eigenvalue weighted by Gasteiger charge is -2.08. The second-order valence-corrected chi connectivity index (χ2v) is 8.03. The van der Waals surface area contributed by atoms with Crippen molar-refractivity contribution in [1.29, 1.82) is 0 Å². The number of rotatable bonds is 8. The first kappa shape index (κ1) is 18.4. The highest BCUT2D eigenvalue weighted by atomic mass is 32.2. The van der Waals surface area contributed by atoms with Gasteiger partial charge in [0.15, 0.2) is 0 Å². The van der Waals surface area contributed by atoms with Crippen molar-refractivity contribution in [3.63, 3.8) is 0 Å². The van der Waals surface area contributed by atoms with Gasteiger partial charge in [-0.05, 0) is 61.2 Å². The van der Waals surface area contributed by atoms with Gasteiger partial charge >= 0.3 is 0 Å². The van der Waals surface area contributed by atoms with E-state index in [0.717, 1.165) is 24.2 Å². The summed E-state index contributed by atoms with van der Waals surface area (Å²) in [5.74, 6) is 0.636.